The van der Waals surface area contributed by atoms with Crippen LogP contribution in [0.3, 0.4) is 0 Å². The van der Waals surface area contributed by atoms with Gasteiger partial charge in [-0.1, -0.05) is 12.1 Å². The van der Waals surface area contributed by atoms with Crippen LogP contribution in [0.1, 0.15) is 16.1 Å². The normalized spacial score (nSPS) is 14.2. The third-order valence-corrected chi connectivity index (χ3v) is 6.83. The summed E-state index contributed by atoms with van der Waals surface area (Å²) in [5.41, 5.74) is 3.65. The Morgan fingerprint density at radius 1 is 1.03 bits per heavy atom. The predicted molar refractivity (Wildman–Crippen MR) is 126 cm³/mol. The number of rotatable bonds is 5. The molecule has 0 radical (unpaired) electrons. The first-order valence-corrected chi connectivity index (χ1v) is 11.5. The van der Waals surface area contributed by atoms with Crippen molar-refractivity contribution in [3.8, 4) is 5.75 Å². The number of amides is 1. The minimum absolute atomic E-state index is 0.0270. The Morgan fingerprint density at radius 3 is 2.53 bits per heavy atom. The molecule has 0 aliphatic carbocycles. The van der Waals surface area contributed by atoms with Gasteiger partial charge in [-0.25, -0.2) is 4.39 Å². The predicted octanol–water partition coefficient (Wildman–Crippen LogP) is 4.86. The number of benzene rings is 2. The molecule has 164 valence electrons. The topological polar surface area (TPSA) is 37.7 Å². The average Bonchev–Trinajstić information content (AvgIpc) is 3.41. The van der Waals surface area contributed by atoms with Gasteiger partial charge in [-0.15, -0.1) is 11.3 Å². The van der Waals surface area contributed by atoms with Gasteiger partial charge in [0.15, 0.2) is 0 Å². The number of piperazine rings is 1. The molecule has 1 saturated heterocycles. The van der Waals surface area contributed by atoms with Gasteiger partial charge < -0.3 is 19.1 Å². The quantitative estimate of drug-likeness (QED) is 0.437. The van der Waals surface area contributed by atoms with Crippen molar-refractivity contribution in [2.24, 2.45) is 0 Å². The van der Waals surface area contributed by atoms with Gasteiger partial charge in [0.1, 0.15) is 17.3 Å². The molecular formula is C25H24FN3O2S. The highest BCUT2D eigenvalue weighted by atomic mass is 32.1. The number of ether oxygens (including phenoxy) is 1. The van der Waals surface area contributed by atoms with Gasteiger partial charge in [-0.05, 0) is 59.5 Å². The third-order valence-electron chi connectivity index (χ3n) is 5.98. The Hall–Kier alpha value is -3.32. The highest BCUT2D eigenvalue weighted by Crippen LogP contribution is 2.28. The fourth-order valence-corrected chi connectivity index (χ4v) is 5.09. The first-order valence-electron chi connectivity index (χ1n) is 10.6. The summed E-state index contributed by atoms with van der Waals surface area (Å²) in [5.74, 6) is 0.597. The fraction of sp³-hybridized carbons (Fsp3) is 0.240. The van der Waals surface area contributed by atoms with Crippen LogP contribution in [0.4, 0.5) is 10.1 Å². The molecule has 2 aromatic carbocycles. The molecule has 1 fully saturated rings. The minimum atomic E-state index is -0.265. The van der Waals surface area contributed by atoms with E-state index in [0.29, 0.717) is 25.3 Å². The molecule has 0 N–H and O–H groups in total. The lowest BCUT2D eigenvalue weighted by Crippen LogP contribution is -2.49. The summed E-state index contributed by atoms with van der Waals surface area (Å²) in [6.07, 6.45) is 0. The monoisotopic (exact) mass is 449 g/mol. The standard InChI is InChI=1S/C25H24FN3O2S/c1-31-21-7-5-20(6-8-21)27-10-12-28(13-11-27)25(30)23-16-24-22(9-14-32-24)29(23)17-18-3-2-4-19(26)15-18/h2-9,14-16H,10-13,17H2,1H3. The van der Waals surface area contributed by atoms with E-state index in [1.165, 1.54) is 12.1 Å². The molecule has 4 aromatic rings. The number of aromatic nitrogens is 1. The maximum Gasteiger partial charge on any atom is 0.270 e. The molecule has 2 aromatic heterocycles. The third kappa shape index (κ3) is 3.96. The number of hydrogen-bond acceptors (Lipinski definition) is 4. The molecule has 5 rings (SSSR count). The lowest BCUT2D eigenvalue weighted by Gasteiger charge is -2.36. The van der Waals surface area contributed by atoms with Crippen LogP contribution in [-0.2, 0) is 6.54 Å². The number of halogens is 1. The van der Waals surface area contributed by atoms with Crippen molar-refractivity contribution in [2.75, 3.05) is 38.2 Å². The molecule has 3 heterocycles. The van der Waals surface area contributed by atoms with Crippen LogP contribution in [0.15, 0.2) is 66.0 Å². The second-order valence-corrected chi connectivity index (χ2v) is 8.84. The highest BCUT2D eigenvalue weighted by Gasteiger charge is 2.26. The van der Waals surface area contributed by atoms with Gasteiger partial charge in [-0.2, -0.15) is 0 Å². The molecular weight excluding hydrogens is 425 g/mol. The van der Waals surface area contributed by atoms with E-state index in [1.807, 2.05) is 45.2 Å². The molecule has 0 atom stereocenters. The average molecular weight is 450 g/mol. The van der Waals surface area contributed by atoms with E-state index in [4.69, 9.17) is 4.74 Å². The van der Waals surface area contributed by atoms with Gasteiger partial charge in [-0.3, -0.25) is 4.79 Å². The van der Waals surface area contributed by atoms with Crippen LogP contribution >= 0.6 is 11.3 Å². The first-order chi connectivity index (χ1) is 15.6. The number of carbonyl (C=O) groups excluding carboxylic acids is 1. The SMILES string of the molecule is COc1ccc(N2CCN(C(=O)c3cc4sccc4n3Cc3cccc(F)c3)CC2)cc1. The van der Waals surface area contributed by atoms with Gasteiger partial charge in [0.2, 0.25) is 0 Å². The highest BCUT2D eigenvalue weighted by molar-refractivity contribution is 7.17. The second-order valence-electron chi connectivity index (χ2n) is 7.89. The minimum Gasteiger partial charge on any atom is -0.497 e. The Labute approximate surface area is 190 Å². The van der Waals surface area contributed by atoms with E-state index in [1.54, 1.807) is 24.5 Å². The summed E-state index contributed by atoms with van der Waals surface area (Å²) in [6.45, 7) is 3.33. The molecule has 0 saturated carbocycles. The van der Waals surface area contributed by atoms with Gasteiger partial charge in [0, 0.05) is 38.4 Å². The summed E-state index contributed by atoms with van der Waals surface area (Å²) in [7, 11) is 1.66. The van der Waals surface area contributed by atoms with Gasteiger partial charge >= 0.3 is 0 Å². The van der Waals surface area contributed by atoms with Crippen molar-refractivity contribution in [1.82, 2.24) is 9.47 Å². The zero-order valence-corrected chi connectivity index (χ0v) is 18.6. The maximum absolute atomic E-state index is 13.7. The van der Waals surface area contributed by atoms with Crippen LogP contribution in [0.5, 0.6) is 5.75 Å². The smallest absolute Gasteiger partial charge is 0.270 e. The zero-order chi connectivity index (χ0) is 22.1. The summed E-state index contributed by atoms with van der Waals surface area (Å²) in [4.78, 5) is 17.7. The van der Waals surface area contributed by atoms with Crippen LogP contribution in [0.25, 0.3) is 10.2 Å². The summed E-state index contributed by atoms with van der Waals surface area (Å²) >= 11 is 1.62. The van der Waals surface area contributed by atoms with E-state index >= 15 is 0 Å². The van der Waals surface area contributed by atoms with Crippen LogP contribution < -0.4 is 9.64 Å². The van der Waals surface area contributed by atoms with Crippen molar-refractivity contribution in [3.63, 3.8) is 0 Å². The lowest BCUT2D eigenvalue weighted by atomic mass is 10.2. The molecule has 1 aliphatic rings. The molecule has 0 spiro atoms. The van der Waals surface area contributed by atoms with Crippen molar-refractivity contribution in [1.29, 1.82) is 0 Å². The Kier molecular flexibility index (Phi) is 5.57. The summed E-state index contributed by atoms with van der Waals surface area (Å²) in [6, 6.07) is 18.6. The van der Waals surface area contributed by atoms with E-state index in [2.05, 4.69) is 17.0 Å². The number of thiophene rings is 1. The van der Waals surface area contributed by atoms with Crippen molar-refractivity contribution < 1.29 is 13.9 Å². The van der Waals surface area contributed by atoms with E-state index in [-0.39, 0.29) is 11.7 Å². The molecule has 0 bridgehead atoms. The number of methoxy groups -OCH3 is 1. The van der Waals surface area contributed by atoms with Crippen molar-refractivity contribution in [3.05, 3.63) is 83.1 Å². The molecule has 32 heavy (non-hydrogen) atoms. The lowest BCUT2D eigenvalue weighted by molar-refractivity contribution is 0.0737. The van der Waals surface area contributed by atoms with Gasteiger partial charge in [0.05, 0.1) is 17.3 Å². The Balaban J connectivity index is 1.34. The molecule has 5 nitrogen and oxygen atoms in total. The number of fused-ring (bicyclic) bond motifs is 1. The molecule has 1 aliphatic heterocycles. The van der Waals surface area contributed by atoms with E-state index in [0.717, 1.165) is 40.3 Å². The molecule has 0 unspecified atom stereocenters. The largest absolute Gasteiger partial charge is 0.497 e. The fourth-order valence-electron chi connectivity index (χ4n) is 4.27. The van der Waals surface area contributed by atoms with Crippen molar-refractivity contribution >= 4 is 33.1 Å². The Bertz CT molecular complexity index is 1240. The number of hydrogen-bond donors (Lipinski definition) is 0. The van der Waals surface area contributed by atoms with E-state index < -0.39 is 0 Å². The van der Waals surface area contributed by atoms with Crippen LogP contribution in [-0.4, -0.2) is 48.7 Å². The van der Waals surface area contributed by atoms with Crippen LogP contribution in [0.2, 0.25) is 0 Å². The first kappa shape index (κ1) is 20.6. The number of carbonyl (C=O) groups is 1. The maximum atomic E-state index is 13.7. The Morgan fingerprint density at radius 2 is 1.81 bits per heavy atom. The van der Waals surface area contributed by atoms with Gasteiger partial charge in [0.25, 0.3) is 5.91 Å². The second kappa shape index (κ2) is 8.67. The number of anilines is 1. The summed E-state index contributed by atoms with van der Waals surface area (Å²) < 4.78 is 22.0. The van der Waals surface area contributed by atoms with E-state index in [9.17, 15) is 9.18 Å². The molecule has 1 amide bonds. The summed E-state index contributed by atoms with van der Waals surface area (Å²) in [5, 5.41) is 2.02. The van der Waals surface area contributed by atoms with Crippen LogP contribution in [0, 0.1) is 5.82 Å². The molecule has 7 heteroatoms. The van der Waals surface area contributed by atoms with Crippen molar-refractivity contribution in [2.45, 2.75) is 6.54 Å². The zero-order valence-electron chi connectivity index (χ0n) is 17.8. The number of nitrogens with zero attached hydrogens (tertiary/aromatic N) is 3.